The topological polar surface area (TPSA) is 69.6 Å². The number of urea groups is 1. The zero-order valence-corrected chi connectivity index (χ0v) is 15.4. The van der Waals surface area contributed by atoms with E-state index in [1.54, 1.807) is 23.3 Å². The SMILES string of the molecule is Cc1ccsc1CN(C)C(=O)NC(CCC(=O)O)Cc1ccccc1. The largest absolute Gasteiger partial charge is 0.481 e. The van der Waals surface area contributed by atoms with Crippen LogP contribution >= 0.6 is 11.3 Å². The van der Waals surface area contributed by atoms with Crippen molar-refractivity contribution in [3.63, 3.8) is 0 Å². The third-order valence-corrected chi connectivity index (χ3v) is 5.06. The van der Waals surface area contributed by atoms with Gasteiger partial charge >= 0.3 is 12.0 Å². The molecule has 25 heavy (non-hydrogen) atoms. The second-order valence-electron chi connectivity index (χ2n) is 6.15. The second kappa shape index (κ2) is 9.22. The van der Waals surface area contributed by atoms with Gasteiger partial charge < -0.3 is 15.3 Å². The molecule has 2 aromatic rings. The van der Waals surface area contributed by atoms with Crippen molar-refractivity contribution in [1.29, 1.82) is 0 Å². The zero-order valence-electron chi connectivity index (χ0n) is 14.6. The van der Waals surface area contributed by atoms with Gasteiger partial charge in [0.1, 0.15) is 0 Å². The smallest absolute Gasteiger partial charge is 0.317 e. The van der Waals surface area contributed by atoms with E-state index < -0.39 is 5.97 Å². The van der Waals surface area contributed by atoms with Crippen LogP contribution in [0.3, 0.4) is 0 Å². The third-order valence-electron chi connectivity index (χ3n) is 4.05. The van der Waals surface area contributed by atoms with E-state index in [2.05, 4.69) is 5.32 Å². The van der Waals surface area contributed by atoms with Crippen molar-refractivity contribution in [2.24, 2.45) is 0 Å². The number of carboxylic acid groups (broad SMARTS) is 1. The van der Waals surface area contributed by atoms with Crippen molar-refractivity contribution in [1.82, 2.24) is 10.2 Å². The van der Waals surface area contributed by atoms with Crippen LogP contribution in [0.2, 0.25) is 0 Å². The van der Waals surface area contributed by atoms with E-state index in [1.165, 1.54) is 5.56 Å². The molecule has 5 nitrogen and oxygen atoms in total. The Hall–Kier alpha value is -2.34. The van der Waals surface area contributed by atoms with Crippen LogP contribution in [0.1, 0.15) is 28.8 Å². The van der Waals surface area contributed by atoms with Crippen molar-refractivity contribution in [3.05, 3.63) is 57.8 Å². The lowest BCUT2D eigenvalue weighted by atomic mass is 10.0. The number of nitrogens with one attached hydrogen (secondary N) is 1. The highest BCUT2D eigenvalue weighted by molar-refractivity contribution is 7.10. The highest BCUT2D eigenvalue weighted by Crippen LogP contribution is 2.17. The van der Waals surface area contributed by atoms with E-state index in [9.17, 15) is 9.59 Å². The maximum Gasteiger partial charge on any atom is 0.317 e. The van der Waals surface area contributed by atoms with E-state index in [0.717, 1.165) is 10.4 Å². The molecule has 0 bridgehead atoms. The monoisotopic (exact) mass is 360 g/mol. The number of aliphatic carboxylic acids is 1. The van der Waals surface area contributed by atoms with Crippen molar-refractivity contribution < 1.29 is 14.7 Å². The molecule has 0 radical (unpaired) electrons. The number of hydrogen-bond acceptors (Lipinski definition) is 3. The lowest BCUT2D eigenvalue weighted by Gasteiger charge is -2.23. The van der Waals surface area contributed by atoms with Gasteiger partial charge in [-0.1, -0.05) is 30.3 Å². The summed E-state index contributed by atoms with van der Waals surface area (Å²) in [4.78, 5) is 26.2. The highest BCUT2D eigenvalue weighted by atomic mass is 32.1. The van der Waals surface area contributed by atoms with Gasteiger partial charge in [-0.3, -0.25) is 4.79 Å². The number of benzene rings is 1. The van der Waals surface area contributed by atoms with Gasteiger partial charge in [0.15, 0.2) is 0 Å². The predicted molar refractivity (Wildman–Crippen MR) is 99.9 cm³/mol. The van der Waals surface area contributed by atoms with Crippen LogP contribution in [-0.4, -0.2) is 35.1 Å². The first-order valence-corrected chi connectivity index (χ1v) is 9.14. The number of hydrogen-bond donors (Lipinski definition) is 2. The highest BCUT2D eigenvalue weighted by Gasteiger charge is 2.18. The van der Waals surface area contributed by atoms with Crippen molar-refractivity contribution in [3.8, 4) is 0 Å². The van der Waals surface area contributed by atoms with Crippen LogP contribution in [-0.2, 0) is 17.8 Å². The Balaban J connectivity index is 1.97. The van der Waals surface area contributed by atoms with Crippen molar-refractivity contribution >= 4 is 23.3 Å². The zero-order chi connectivity index (χ0) is 18.2. The van der Waals surface area contributed by atoms with Gasteiger partial charge in [0.05, 0.1) is 6.54 Å². The number of amides is 2. The first kappa shape index (κ1) is 19.0. The molecule has 0 aliphatic carbocycles. The Kier molecular flexibility index (Phi) is 7.01. The van der Waals surface area contributed by atoms with Gasteiger partial charge in [-0.2, -0.15) is 0 Å². The van der Waals surface area contributed by atoms with Gasteiger partial charge in [-0.25, -0.2) is 4.79 Å². The Morgan fingerprint density at radius 1 is 1.24 bits per heavy atom. The Morgan fingerprint density at radius 2 is 1.96 bits per heavy atom. The first-order chi connectivity index (χ1) is 12.0. The molecule has 134 valence electrons. The fraction of sp³-hybridized carbons (Fsp3) is 0.368. The first-order valence-electron chi connectivity index (χ1n) is 8.26. The van der Waals surface area contributed by atoms with E-state index in [-0.39, 0.29) is 18.5 Å². The van der Waals surface area contributed by atoms with Crippen LogP contribution in [0.5, 0.6) is 0 Å². The number of aryl methyl sites for hydroxylation is 1. The lowest BCUT2D eigenvalue weighted by molar-refractivity contribution is -0.137. The van der Waals surface area contributed by atoms with E-state index in [1.807, 2.05) is 48.7 Å². The van der Waals surface area contributed by atoms with Gasteiger partial charge in [-0.15, -0.1) is 11.3 Å². The Labute approximate surface area is 152 Å². The summed E-state index contributed by atoms with van der Waals surface area (Å²) in [5.74, 6) is -0.852. The number of carbonyl (C=O) groups is 2. The number of nitrogens with zero attached hydrogens (tertiary/aromatic N) is 1. The minimum absolute atomic E-state index is 0.0333. The summed E-state index contributed by atoms with van der Waals surface area (Å²) in [6, 6.07) is 11.4. The summed E-state index contributed by atoms with van der Waals surface area (Å²) in [6.45, 7) is 2.58. The number of thiophene rings is 1. The Morgan fingerprint density at radius 3 is 2.56 bits per heavy atom. The molecule has 2 amide bonds. The average molecular weight is 360 g/mol. The summed E-state index contributed by atoms with van der Waals surface area (Å²) >= 11 is 1.63. The summed E-state index contributed by atoms with van der Waals surface area (Å²) in [6.07, 6.45) is 1.05. The fourth-order valence-electron chi connectivity index (χ4n) is 2.56. The maximum absolute atomic E-state index is 12.5. The molecule has 0 saturated carbocycles. The van der Waals surface area contributed by atoms with Crippen molar-refractivity contribution in [2.75, 3.05) is 7.05 Å². The minimum atomic E-state index is -0.852. The number of carboxylic acids is 1. The third kappa shape index (κ3) is 6.23. The van der Waals surface area contributed by atoms with Crippen LogP contribution in [0.25, 0.3) is 0 Å². The molecule has 2 rings (SSSR count). The van der Waals surface area contributed by atoms with Crippen LogP contribution in [0.15, 0.2) is 41.8 Å². The Bertz CT molecular complexity index is 700. The number of carbonyl (C=O) groups excluding carboxylic acids is 1. The molecule has 1 unspecified atom stereocenters. The molecule has 1 aromatic carbocycles. The van der Waals surface area contributed by atoms with Gasteiger partial charge in [0.25, 0.3) is 0 Å². The van der Waals surface area contributed by atoms with Gasteiger partial charge in [0.2, 0.25) is 0 Å². The molecule has 0 aliphatic rings. The van der Waals surface area contributed by atoms with Crippen LogP contribution in [0, 0.1) is 6.92 Å². The fourth-order valence-corrected chi connectivity index (χ4v) is 3.52. The van der Waals surface area contributed by atoms with E-state index >= 15 is 0 Å². The standard InChI is InChI=1S/C19H24N2O3S/c1-14-10-11-25-17(14)13-21(2)19(24)20-16(8-9-18(22)23)12-15-6-4-3-5-7-15/h3-7,10-11,16H,8-9,12-13H2,1-2H3,(H,20,24)(H,22,23). The van der Waals surface area contributed by atoms with Crippen LogP contribution in [0.4, 0.5) is 4.79 Å². The summed E-state index contributed by atoms with van der Waals surface area (Å²) in [5.41, 5.74) is 2.26. The summed E-state index contributed by atoms with van der Waals surface area (Å²) < 4.78 is 0. The average Bonchev–Trinajstić information content (AvgIpc) is 2.98. The van der Waals surface area contributed by atoms with E-state index in [4.69, 9.17) is 5.11 Å². The minimum Gasteiger partial charge on any atom is -0.481 e. The second-order valence-corrected chi connectivity index (χ2v) is 7.15. The normalized spacial score (nSPS) is 11.8. The molecule has 0 aliphatic heterocycles. The number of rotatable bonds is 8. The van der Waals surface area contributed by atoms with Crippen LogP contribution < -0.4 is 5.32 Å². The quantitative estimate of drug-likeness (QED) is 0.754. The molecular formula is C19H24N2O3S. The lowest BCUT2D eigenvalue weighted by Crippen LogP contribution is -2.44. The molecule has 0 fully saturated rings. The van der Waals surface area contributed by atoms with Crippen molar-refractivity contribution in [2.45, 2.75) is 38.8 Å². The molecular weight excluding hydrogens is 336 g/mol. The maximum atomic E-state index is 12.5. The van der Waals surface area contributed by atoms with Gasteiger partial charge in [0, 0.05) is 24.4 Å². The molecule has 1 atom stereocenters. The molecule has 2 N–H and O–H groups in total. The molecule has 6 heteroatoms. The van der Waals surface area contributed by atoms with Gasteiger partial charge in [-0.05, 0) is 42.3 Å². The summed E-state index contributed by atoms with van der Waals surface area (Å²) in [7, 11) is 1.76. The molecule has 1 aromatic heterocycles. The molecule has 0 spiro atoms. The molecule has 1 heterocycles. The molecule has 0 saturated heterocycles. The summed E-state index contributed by atoms with van der Waals surface area (Å²) in [5, 5.41) is 13.9. The van der Waals surface area contributed by atoms with E-state index in [0.29, 0.717) is 19.4 Å². The predicted octanol–water partition coefficient (Wildman–Crippen LogP) is 3.67.